The summed E-state index contributed by atoms with van der Waals surface area (Å²) in [6.45, 7) is 9.57. The van der Waals surface area contributed by atoms with E-state index in [9.17, 15) is 4.79 Å². The molecular weight excluding hydrogens is 219 g/mol. The zero-order valence-corrected chi connectivity index (χ0v) is 10.9. The number of carbonyl (C=O) groups excluding carboxylic acids is 1. The first-order valence-corrected chi connectivity index (χ1v) is 8.83. The molecule has 0 saturated heterocycles. The summed E-state index contributed by atoms with van der Waals surface area (Å²) in [6.07, 6.45) is 4.28. The fraction of sp³-hybridized carbons (Fsp3) is 0.700. The second-order valence-electron chi connectivity index (χ2n) is 3.57. The zero-order valence-electron chi connectivity index (χ0n) is 9.25. The molecule has 0 aromatic rings. The number of rotatable bonds is 6. The molecule has 0 spiro atoms. The molecule has 0 radical (unpaired) electrons. The van der Waals surface area contributed by atoms with Gasteiger partial charge in [-0.2, -0.15) is 0 Å². The molecule has 14 heavy (non-hydrogen) atoms. The third-order valence-electron chi connectivity index (χ3n) is 3.07. The number of hydrogen-bond acceptors (Lipinski definition) is 2. The van der Waals surface area contributed by atoms with Crippen molar-refractivity contribution in [3.8, 4) is 0 Å². The van der Waals surface area contributed by atoms with Crippen molar-refractivity contribution in [2.45, 2.75) is 20.8 Å². The van der Waals surface area contributed by atoms with E-state index in [1.165, 1.54) is 6.08 Å². The predicted molar refractivity (Wildman–Crippen MR) is 65.6 cm³/mol. The molecule has 0 aromatic heterocycles. The van der Waals surface area contributed by atoms with Crippen LogP contribution in [0, 0.1) is 0 Å². The number of ether oxygens (including phenoxy) is 1. The first-order chi connectivity index (χ1) is 6.43. The number of esters is 1. The Labute approximate surface area is 91.4 Å². The Morgan fingerprint density at radius 2 is 1.79 bits per heavy atom. The van der Waals surface area contributed by atoms with Gasteiger partial charge in [-0.05, 0) is 0 Å². The van der Waals surface area contributed by atoms with Crippen LogP contribution in [0.3, 0.4) is 0 Å². The van der Waals surface area contributed by atoms with Crippen molar-refractivity contribution in [3.63, 3.8) is 0 Å². The van der Waals surface area contributed by atoms with Gasteiger partial charge in [0.25, 0.3) is 0 Å². The molecule has 0 atom stereocenters. The van der Waals surface area contributed by atoms with Crippen LogP contribution in [-0.4, -0.2) is 30.8 Å². The molecular formula is C10H20ClO2P. The van der Waals surface area contributed by atoms with Crippen molar-refractivity contribution in [2.24, 2.45) is 0 Å². The van der Waals surface area contributed by atoms with Crippen LogP contribution < -0.4 is 0 Å². The quantitative estimate of drug-likeness (QED) is 0.403. The molecule has 0 aliphatic heterocycles. The Kier molecular flexibility index (Phi) is 5.11. The maximum absolute atomic E-state index is 11.0. The summed E-state index contributed by atoms with van der Waals surface area (Å²) < 4.78 is 5.10. The van der Waals surface area contributed by atoms with Gasteiger partial charge in [-0.1, -0.05) is 0 Å². The average molecular weight is 239 g/mol. The van der Waals surface area contributed by atoms with Crippen molar-refractivity contribution in [1.29, 1.82) is 0 Å². The minimum atomic E-state index is -2.28. The van der Waals surface area contributed by atoms with E-state index in [4.69, 9.17) is 16.0 Å². The molecule has 84 valence electrons. The van der Waals surface area contributed by atoms with Gasteiger partial charge in [0.05, 0.1) is 0 Å². The molecule has 0 amide bonds. The van der Waals surface area contributed by atoms with Crippen molar-refractivity contribution in [2.75, 3.05) is 24.8 Å². The standard InChI is InChI=1S/C10H20ClO2P/c1-5-10(12)13-9-14(11,6-2,7-3)8-4/h5H,1,6-9H2,2-4H3. The molecule has 0 aliphatic rings. The summed E-state index contributed by atoms with van der Waals surface area (Å²) in [5, 5.41) is 0. The molecule has 0 aliphatic carbocycles. The van der Waals surface area contributed by atoms with Crippen LogP contribution in [0.4, 0.5) is 0 Å². The fourth-order valence-electron chi connectivity index (χ4n) is 1.23. The molecule has 0 rings (SSSR count). The molecule has 0 aromatic carbocycles. The summed E-state index contributed by atoms with van der Waals surface area (Å²) in [4.78, 5) is 11.0. The van der Waals surface area contributed by atoms with Crippen LogP contribution in [0.15, 0.2) is 12.7 Å². The molecule has 0 bridgehead atoms. The second kappa shape index (κ2) is 5.14. The Morgan fingerprint density at radius 3 is 2.07 bits per heavy atom. The third kappa shape index (κ3) is 3.25. The SMILES string of the molecule is C=CC(=O)OCP(Cl)(CC)(CC)CC. The summed E-state index contributed by atoms with van der Waals surface area (Å²) in [5.74, 6) is -2.66. The first kappa shape index (κ1) is 13.9. The zero-order chi connectivity index (χ0) is 11.3. The normalized spacial score (nSPS) is 14.1. The van der Waals surface area contributed by atoms with Gasteiger partial charge in [0.2, 0.25) is 0 Å². The van der Waals surface area contributed by atoms with Crippen LogP contribution in [-0.2, 0) is 9.53 Å². The van der Waals surface area contributed by atoms with Crippen molar-refractivity contribution in [3.05, 3.63) is 12.7 Å². The van der Waals surface area contributed by atoms with Gasteiger partial charge < -0.3 is 0 Å². The van der Waals surface area contributed by atoms with Crippen molar-refractivity contribution >= 4 is 23.2 Å². The van der Waals surface area contributed by atoms with Gasteiger partial charge >= 0.3 is 91.0 Å². The molecule has 0 N–H and O–H groups in total. The van der Waals surface area contributed by atoms with Crippen molar-refractivity contribution < 1.29 is 9.53 Å². The first-order valence-electron chi connectivity index (χ1n) is 4.95. The Hall–Kier alpha value is -0.0700. The van der Waals surface area contributed by atoms with E-state index < -0.39 is 5.96 Å². The molecule has 0 unspecified atom stereocenters. The third-order valence-corrected chi connectivity index (χ3v) is 11.0. The summed E-state index contributed by atoms with van der Waals surface area (Å²) in [7, 11) is 0. The van der Waals surface area contributed by atoms with E-state index in [0.717, 1.165) is 18.5 Å². The fourth-order valence-corrected chi connectivity index (χ4v) is 3.71. The van der Waals surface area contributed by atoms with E-state index in [1.54, 1.807) is 0 Å². The predicted octanol–water partition coefficient (Wildman–Crippen LogP) is 3.44. The van der Waals surface area contributed by atoms with Crippen LogP contribution in [0.5, 0.6) is 0 Å². The van der Waals surface area contributed by atoms with Gasteiger partial charge in [0, 0.05) is 0 Å². The number of hydrogen-bond donors (Lipinski definition) is 0. The number of halogens is 1. The van der Waals surface area contributed by atoms with E-state index in [2.05, 4.69) is 27.4 Å². The Balaban J connectivity index is 4.53. The summed E-state index contributed by atoms with van der Waals surface area (Å²) in [5.41, 5.74) is 0. The molecule has 4 heteroatoms. The summed E-state index contributed by atoms with van der Waals surface area (Å²) >= 11 is 6.67. The molecule has 0 saturated carbocycles. The summed E-state index contributed by atoms with van der Waals surface area (Å²) in [6, 6.07) is 0. The molecule has 0 heterocycles. The Morgan fingerprint density at radius 1 is 1.36 bits per heavy atom. The molecule has 0 fully saturated rings. The van der Waals surface area contributed by atoms with Gasteiger partial charge in [-0.3, -0.25) is 0 Å². The number of carbonyl (C=O) groups is 1. The minimum absolute atomic E-state index is 0.376. The van der Waals surface area contributed by atoms with Crippen LogP contribution in [0.1, 0.15) is 20.8 Å². The van der Waals surface area contributed by atoms with Crippen molar-refractivity contribution in [1.82, 2.24) is 0 Å². The monoisotopic (exact) mass is 238 g/mol. The average Bonchev–Trinajstić information content (AvgIpc) is 2.26. The van der Waals surface area contributed by atoms with Gasteiger partial charge in [-0.25, -0.2) is 0 Å². The molecule has 2 nitrogen and oxygen atoms in total. The van der Waals surface area contributed by atoms with E-state index >= 15 is 0 Å². The van der Waals surface area contributed by atoms with Crippen LogP contribution >= 0.6 is 17.2 Å². The van der Waals surface area contributed by atoms with Gasteiger partial charge in [0.1, 0.15) is 0 Å². The van der Waals surface area contributed by atoms with Gasteiger partial charge in [-0.15, -0.1) is 0 Å². The van der Waals surface area contributed by atoms with E-state index in [0.29, 0.717) is 6.35 Å². The second-order valence-corrected chi connectivity index (χ2v) is 12.2. The van der Waals surface area contributed by atoms with Gasteiger partial charge in [0.15, 0.2) is 0 Å². The van der Waals surface area contributed by atoms with Crippen LogP contribution in [0.2, 0.25) is 0 Å². The maximum atomic E-state index is 11.0. The Bertz CT molecular complexity index is 213. The van der Waals surface area contributed by atoms with E-state index in [1.807, 2.05) is 0 Å². The topological polar surface area (TPSA) is 26.3 Å². The van der Waals surface area contributed by atoms with E-state index in [-0.39, 0.29) is 5.97 Å². The van der Waals surface area contributed by atoms with Crippen LogP contribution in [0.25, 0.3) is 0 Å².